The third kappa shape index (κ3) is 3.85. The molecule has 2 heterocycles. The fourth-order valence-electron chi connectivity index (χ4n) is 1.92. The predicted octanol–water partition coefficient (Wildman–Crippen LogP) is 4.24. The fourth-order valence-corrected chi connectivity index (χ4v) is 4.36. The Balaban J connectivity index is 1.72. The summed E-state index contributed by atoms with van der Waals surface area (Å²) in [4.78, 5) is 20.9. The second-order valence-corrected chi connectivity index (χ2v) is 7.56. The highest BCUT2D eigenvalue weighted by atomic mass is 32.2. The maximum absolute atomic E-state index is 12.3. The Bertz CT molecular complexity index is 822. The first kappa shape index (κ1) is 15.9. The summed E-state index contributed by atoms with van der Waals surface area (Å²) in [6, 6.07) is 11.8. The molecule has 0 aliphatic rings. The summed E-state index contributed by atoms with van der Waals surface area (Å²) in [5, 5.41) is 13.7. The molecule has 0 fully saturated rings. The lowest BCUT2D eigenvalue weighted by molar-refractivity contribution is -0.116. The maximum atomic E-state index is 12.3. The van der Waals surface area contributed by atoms with Crippen LogP contribution in [0.4, 0.5) is 0 Å². The van der Waals surface area contributed by atoms with Gasteiger partial charge in [0.1, 0.15) is 9.35 Å². The van der Waals surface area contributed by atoms with Crippen LogP contribution in [0.5, 0.6) is 0 Å². The number of Topliss-reactive ketones (excluding diaryl/α,β-unsaturated/α-hetero) is 1. The van der Waals surface area contributed by atoms with Crippen LogP contribution in [0.1, 0.15) is 10.9 Å². The number of ketones is 1. The molecule has 3 aromatic rings. The molecule has 3 rings (SSSR count). The Kier molecular flexibility index (Phi) is 5.18. The van der Waals surface area contributed by atoms with Crippen LogP contribution in [0.3, 0.4) is 0 Å². The third-order valence-electron chi connectivity index (χ3n) is 3.04. The van der Waals surface area contributed by atoms with Gasteiger partial charge < -0.3 is 0 Å². The number of rotatable bonds is 6. The van der Waals surface area contributed by atoms with Crippen LogP contribution in [0.15, 0.2) is 51.6 Å². The molecular weight excluding hydrogens is 346 g/mol. The summed E-state index contributed by atoms with van der Waals surface area (Å²) >= 11 is 4.20. The van der Waals surface area contributed by atoms with Gasteiger partial charge in [-0.15, -0.1) is 22.7 Å². The lowest BCUT2D eigenvalue weighted by atomic mass is 10.1. The van der Waals surface area contributed by atoms with Gasteiger partial charge in [0.05, 0.1) is 17.5 Å². The van der Waals surface area contributed by atoms with Gasteiger partial charge in [-0.25, -0.2) is 9.97 Å². The van der Waals surface area contributed by atoms with E-state index in [0.717, 1.165) is 15.6 Å². The standard InChI is InChI=1S/C16H11N3OS3/c17-8-12(14(20)10-23-16-18-6-7-21-16)15-19-13(9-22-15)11-4-2-1-3-5-11/h1-7,9,12H,10H2/t12-/m1/s1. The number of aromatic nitrogens is 2. The molecule has 1 aromatic carbocycles. The van der Waals surface area contributed by atoms with Crippen LogP contribution >= 0.6 is 34.4 Å². The van der Waals surface area contributed by atoms with E-state index in [1.165, 1.54) is 34.4 Å². The average molecular weight is 357 g/mol. The molecular formula is C16H11N3OS3. The van der Waals surface area contributed by atoms with Crippen LogP contribution in [0.2, 0.25) is 0 Å². The van der Waals surface area contributed by atoms with Gasteiger partial charge in [-0.2, -0.15) is 5.26 Å². The van der Waals surface area contributed by atoms with Crippen LogP contribution < -0.4 is 0 Å². The van der Waals surface area contributed by atoms with Gasteiger partial charge in [0.15, 0.2) is 11.7 Å². The maximum Gasteiger partial charge on any atom is 0.167 e. The van der Waals surface area contributed by atoms with Crippen molar-refractivity contribution in [3.8, 4) is 17.3 Å². The van der Waals surface area contributed by atoms with Crippen LogP contribution in [-0.4, -0.2) is 21.5 Å². The molecule has 0 aliphatic carbocycles. The van der Waals surface area contributed by atoms with Crippen molar-refractivity contribution >= 4 is 40.2 Å². The normalized spacial score (nSPS) is 11.8. The Morgan fingerprint density at radius 1 is 1.30 bits per heavy atom. The van der Waals surface area contributed by atoms with Crippen molar-refractivity contribution in [1.29, 1.82) is 5.26 Å². The molecule has 7 heteroatoms. The summed E-state index contributed by atoms with van der Waals surface area (Å²) in [5.41, 5.74) is 1.78. The number of carbonyl (C=O) groups excluding carboxylic acids is 1. The van der Waals surface area contributed by atoms with Crippen molar-refractivity contribution in [2.45, 2.75) is 10.3 Å². The van der Waals surface area contributed by atoms with E-state index in [1.807, 2.05) is 41.1 Å². The fraction of sp³-hybridized carbons (Fsp3) is 0.125. The number of nitriles is 1. The second kappa shape index (κ2) is 7.51. The van der Waals surface area contributed by atoms with E-state index in [-0.39, 0.29) is 11.5 Å². The molecule has 0 aliphatic heterocycles. The smallest absolute Gasteiger partial charge is 0.167 e. The molecule has 0 bridgehead atoms. The molecule has 0 saturated heterocycles. The highest BCUT2D eigenvalue weighted by Crippen LogP contribution is 2.29. The monoisotopic (exact) mass is 357 g/mol. The molecule has 0 N–H and O–H groups in total. The van der Waals surface area contributed by atoms with E-state index in [9.17, 15) is 10.1 Å². The van der Waals surface area contributed by atoms with Gasteiger partial charge >= 0.3 is 0 Å². The molecule has 0 unspecified atom stereocenters. The molecule has 0 amide bonds. The SMILES string of the molecule is N#C[C@H](C(=O)CSc1nccs1)c1nc(-c2ccccc2)cs1. The first-order valence-electron chi connectivity index (χ1n) is 6.73. The Hall–Kier alpha value is -2.01. The lowest BCUT2D eigenvalue weighted by Gasteiger charge is -2.03. The first-order valence-corrected chi connectivity index (χ1v) is 9.48. The van der Waals surface area contributed by atoms with E-state index in [1.54, 1.807) is 6.20 Å². The largest absolute Gasteiger partial charge is 0.297 e. The minimum absolute atomic E-state index is 0.137. The van der Waals surface area contributed by atoms with Crippen LogP contribution in [0.25, 0.3) is 11.3 Å². The predicted molar refractivity (Wildman–Crippen MR) is 93.7 cm³/mol. The van der Waals surface area contributed by atoms with Crippen LogP contribution in [0, 0.1) is 11.3 Å². The zero-order chi connectivity index (χ0) is 16.1. The molecule has 0 spiro atoms. The van der Waals surface area contributed by atoms with E-state index in [4.69, 9.17) is 0 Å². The summed E-state index contributed by atoms with van der Waals surface area (Å²) in [6.45, 7) is 0. The van der Waals surface area contributed by atoms with Gasteiger partial charge in [0.25, 0.3) is 0 Å². The zero-order valence-electron chi connectivity index (χ0n) is 11.9. The van der Waals surface area contributed by atoms with Crippen LogP contribution in [-0.2, 0) is 4.79 Å². The number of thiazole rings is 2. The molecule has 1 atom stereocenters. The van der Waals surface area contributed by atoms with Crippen molar-refractivity contribution in [3.63, 3.8) is 0 Å². The third-order valence-corrected chi connectivity index (χ3v) is 5.93. The highest BCUT2D eigenvalue weighted by Gasteiger charge is 2.24. The second-order valence-electron chi connectivity index (χ2n) is 4.55. The van der Waals surface area contributed by atoms with Crippen molar-refractivity contribution in [1.82, 2.24) is 9.97 Å². The van der Waals surface area contributed by atoms with E-state index < -0.39 is 5.92 Å². The van der Waals surface area contributed by atoms with E-state index >= 15 is 0 Å². The Morgan fingerprint density at radius 2 is 2.13 bits per heavy atom. The van der Waals surface area contributed by atoms with Gasteiger partial charge in [0.2, 0.25) is 0 Å². The van der Waals surface area contributed by atoms with Crippen molar-refractivity contribution in [3.05, 3.63) is 52.3 Å². The van der Waals surface area contributed by atoms with Gasteiger partial charge in [0, 0.05) is 22.5 Å². The summed E-state index contributed by atoms with van der Waals surface area (Å²) in [7, 11) is 0. The number of benzene rings is 1. The number of thioether (sulfide) groups is 1. The highest BCUT2D eigenvalue weighted by molar-refractivity contribution is 8.01. The van der Waals surface area contributed by atoms with Crippen molar-refractivity contribution < 1.29 is 4.79 Å². The molecule has 0 saturated carbocycles. The van der Waals surface area contributed by atoms with Gasteiger partial charge in [-0.3, -0.25) is 4.79 Å². The van der Waals surface area contributed by atoms with Crippen molar-refractivity contribution in [2.75, 3.05) is 5.75 Å². The minimum Gasteiger partial charge on any atom is -0.297 e. The van der Waals surface area contributed by atoms with E-state index in [2.05, 4.69) is 16.0 Å². The summed E-state index contributed by atoms with van der Waals surface area (Å²) in [5.74, 6) is -0.724. The minimum atomic E-state index is -0.815. The molecule has 0 radical (unpaired) electrons. The summed E-state index contributed by atoms with van der Waals surface area (Å²) < 4.78 is 0.833. The molecule has 4 nitrogen and oxygen atoms in total. The number of nitrogens with zero attached hydrogens (tertiary/aromatic N) is 3. The Morgan fingerprint density at radius 3 is 2.83 bits per heavy atom. The molecule has 23 heavy (non-hydrogen) atoms. The average Bonchev–Trinajstić information content (AvgIpc) is 3.26. The number of hydrogen-bond acceptors (Lipinski definition) is 7. The number of hydrogen-bond donors (Lipinski definition) is 0. The number of carbonyl (C=O) groups is 1. The van der Waals surface area contributed by atoms with E-state index in [0.29, 0.717) is 5.01 Å². The zero-order valence-corrected chi connectivity index (χ0v) is 14.3. The molecule has 2 aromatic heterocycles. The van der Waals surface area contributed by atoms with Gasteiger partial charge in [-0.05, 0) is 0 Å². The van der Waals surface area contributed by atoms with Gasteiger partial charge in [-0.1, -0.05) is 42.1 Å². The quantitative estimate of drug-likeness (QED) is 0.618. The van der Waals surface area contributed by atoms with Crippen molar-refractivity contribution in [2.24, 2.45) is 0 Å². The topological polar surface area (TPSA) is 66.6 Å². The molecule has 114 valence electrons. The summed E-state index contributed by atoms with van der Waals surface area (Å²) in [6.07, 6.45) is 1.70. The lowest BCUT2D eigenvalue weighted by Crippen LogP contribution is -2.13. The first-order chi connectivity index (χ1) is 11.3. The Labute approximate surface area is 145 Å².